The van der Waals surface area contributed by atoms with Gasteiger partial charge in [-0.2, -0.15) is 0 Å². The molecular formula is C18H29ClIN3O2. The van der Waals surface area contributed by atoms with E-state index in [9.17, 15) is 0 Å². The molecule has 0 amide bonds. The fourth-order valence-corrected chi connectivity index (χ4v) is 3.02. The van der Waals surface area contributed by atoms with Crippen molar-refractivity contribution < 1.29 is 9.47 Å². The third kappa shape index (κ3) is 7.19. The predicted octanol–water partition coefficient (Wildman–Crippen LogP) is 3.80. The van der Waals surface area contributed by atoms with Gasteiger partial charge < -0.3 is 19.7 Å². The van der Waals surface area contributed by atoms with Crippen LogP contribution in [0.15, 0.2) is 29.3 Å². The van der Waals surface area contributed by atoms with Gasteiger partial charge in [0.15, 0.2) is 5.96 Å². The zero-order valence-electron chi connectivity index (χ0n) is 15.2. The molecule has 1 aliphatic rings. The summed E-state index contributed by atoms with van der Waals surface area (Å²) < 4.78 is 11.6. The van der Waals surface area contributed by atoms with Gasteiger partial charge in [-0.15, -0.1) is 24.0 Å². The summed E-state index contributed by atoms with van der Waals surface area (Å²) in [6.07, 6.45) is 2.45. The monoisotopic (exact) mass is 481 g/mol. The van der Waals surface area contributed by atoms with Crippen molar-refractivity contribution in [3.05, 3.63) is 29.3 Å². The SMILES string of the molecule is CCOC1CCN(C(=NC)NCC(C)Oc2ccccc2Cl)CC1.I. The third-order valence-corrected chi connectivity index (χ3v) is 4.38. The maximum atomic E-state index is 6.13. The van der Waals surface area contributed by atoms with E-state index in [4.69, 9.17) is 21.1 Å². The lowest BCUT2D eigenvalue weighted by atomic mass is 10.1. The summed E-state index contributed by atoms with van der Waals surface area (Å²) in [4.78, 5) is 6.66. The van der Waals surface area contributed by atoms with Gasteiger partial charge in [-0.25, -0.2) is 0 Å². The summed E-state index contributed by atoms with van der Waals surface area (Å²) in [5.74, 6) is 1.63. The molecule has 0 aromatic heterocycles. The first kappa shape index (κ1) is 22.3. The highest BCUT2D eigenvalue weighted by molar-refractivity contribution is 14.0. The maximum absolute atomic E-state index is 6.13. The van der Waals surface area contributed by atoms with Crippen LogP contribution in [0.3, 0.4) is 0 Å². The lowest BCUT2D eigenvalue weighted by molar-refractivity contribution is 0.0263. The Morgan fingerprint density at radius 3 is 2.64 bits per heavy atom. The van der Waals surface area contributed by atoms with Gasteiger partial charge in [0.1, 0.15) is 11.9 Å². The zero-order chi connectivity index (χ0) is 17.4. The minimum absolute atomic E-state index is 0. The van der Waals surface area contributed by atoms with Gasteiger partial charge >= 0.3 is 0 Å². The minimum Gasteiger partial charge on any atom is -0.487 e. The van der Waals surface area contributed by atoms with Crippen LogP contribution in [0.25, 0.3) is 0 Å². The van der Waals surface area contributed by atoms with Crippen molar-refractivity contribution in [2.75, 3.05) is 33.3 Å². The van der Waals surface area contributed by atoms with Crippen LogP contribution in [-0.4, -0.2) is 56.4 Å². The van der Waals surface area contributed by atoms with E-state index in [-0.39, 0.29) is 30.1 Å². The van der Waals surface area contributed by atoms with Crippen molar-refractivity contribution in [3.8, 4) is 5.75 Å². The normalized spacial score (nSPS) is 17.0. The largest absolute Gasteiger partial charge is 0.487 e. The van der Waals surface area contributed by atoms with Gasteiger partial charge in [-0.05, 0) is 38.8 Å². The molecule has 0 bridgehead atoms. The van der Waals surface area contributed by atoms with E-state index in [2.05, 4.69) is 15.2 Å². The van der Waals surface area contributed by atoms with E-state index >= 15 is 0 Å². The molecule has 142 valence electrons. The van der Waals surface area contributed by atoms with Crippen molar-refractivity contribution in [1.82, 2.24) is 10.2 Å². The van der Waals surface area contributed by atoms with Gasteiger partial charge in [0.2, 0.25) is 0 Å². The second-order valence-electron chi connectivity index (χ2n) is 5.93. The zero-order valence-corrected chi connectivity index (χ0v) is 18.3. The molecule has 1 aromatic carbocycles. The molecule has 1 unspecified atom stereocenters. The first-order valence-corrected chi connectivity index (χ1v) is 9.00. The van der Waals surface area contributed by atoms with E-state index in [0.717, 1.165) is 38.5 Å². The molecule has 5 nitrogen and oxygen atoms in total. The molecule has 1 fully saturated rings. The van der Waals surface area contributed by atoms with Gasteiger partial charge in [-0.3, -0.25) is 4.99 Å². The lowest BCUT2D eigenvalue weighted by Crippen LogP contribution is -2.48. The van der Waals surface area contributed by atoms with Crippen LogP contribution in [0.1, 0.15) is 26.7 Å². The van der Waals surface area contributed by atoms with Crippen molar-refractivity contribution in [2.24, 2.45) is 4.99 Å². The number of para-hydroxylation sites is 1. The molecule has 1 N–H and O–H groups in total. The first-order valence-electron chi connectivity index (χ1n) is 8.62. The number of nitrogens with one attached hydrogen (secondary N) is 1. The second-order valence-corrected chi connectivity index (χ2v) is 6.34. The second kappa shape index (κ2) is 11.8. The Morgan fingerprint density at radius 1 is 1.36 bits per heavy atom. The van der Waals surface area contributed by atoms with E-state index in [1.54, 1.807) is 0 Å². The van der Waals surface area contributed by atoms with Gasteiger partial charge in [0.25, 0.3) is 0 Å². The summed E-state index contributed by atoms with van der Waals surface area (Å²) >= 11 is 6.13. The van der Waals surface area contributed by atoms with Gasteiger partial charge in [-0.1, -0.05) is 23.7 Å². The molecule has 7 heteroatoms. The van der Waals surface area contributed by atoms with Crippen LogP contribution in [0, 0.1) is 0 Å². The molecule has 0 aliphatic carbocycles. The average Bonchev–Trinajstić information content (AvgIpc) is 2.59. The number of nitrogens with zero attached hydrogens (tertiary/aromatic N) is 2. The molecular weight excluding hydrogens is 453 g/mol. The Kier molecular flexibility index (Phi) is 10.5. The number of aliphatic imine (C=N–C) groups is 1. The summed E-state index contributed by atoms with van der Waals surface area (Å²) in [5, 5.41) is 4.02. The molecule has 0 radical (unpaired) electrons. The van der Waals surface area contributed by atoms with Crippen molar-refractivity contribution in [2.45, 2.75) is 38.9 Å². The van der Waals surface area contributed by atoms with Crippen molar-refractivity contribution in [1.29, 1.82) is 0 Å². The molecule has 1 heterocycles. The topological polar surface area (TPSA) is 46.1 Å². The van der Waals surface area contributed by atoms with Crippen LogP contribution in [0.5, 0.6) is 5.75 Å². The molecule has 1 atom stereocenters. The molecule has 0 saturated carbocycles. The number of benzene rings is 1. The smallest absolute Gasteiger partial charge is 0.193 e. The Labute approximate surface area is 173 Å². The Hall–Kier alpha value is -0.730. The fraction of sp³-hybridized carbons (Fsp3) is 0.611. The molecule has 25 heavy (non-hydrogen) atoms. The average molecular weight is 482 g/mol. The molecule has 2 rings (SSSR count). The lowest BCUT2D eigenvalue weighted by Gasteiger charge is -2.34. The third-order valence-electron chi connectivity index (χ3n) is 4.07. The van der Waals surface area contributed by atoms with E-state index in [0.29, 0.717) is 23.4 Å². The van der Waals surface area contributed by atoms with Crippen LogP contribution in [0.4, 0.5) is 0 Å². The van der Waals surface area contributed by atoms with E-state index in [1.807, 2.05) is 45.2 Å². The number of hydrogen-bond acceptors (Lipinski definition) is 3. The Bertz CT molecular complexity index is 537. The summed E-state index contributed by atoms with van der Waals surface area (Å²) in [7, 11) is 1.82. The van der Waals surface area contributed by atoms with Crippen LogP contribution in [0.2, 0.25) is 5.02 Å². The maximum Gasteiger partial charge on any atom is 0.193 e. The van der Waals surface area contributed by atoms with Crippen LogP contribution >= 0.6 is 35.6 Å². The number of ether oxygens (including phenoxy) is 2. The van der Waals surface area contributed by atoms with Crippen molar-refractivity contribution >= 4 is 41.5 Å². The fourth-order valence-electron chi connectivity index (χ4n) is 2.84. The number of halogens is 2. The molecule has 0 spiro atoms. The number of rotatable bonds is 6. The number of hydrogen-bond donors (Lipinski definition) is 1. The summed E-state index contributed by atoms with van der Waals surface area (Å²) in [6.45, 7) is 7.45. The first-order chi connectivity index (χ1) is 11.6. The summed E-state index contributed by atoms with van der Waals surface area (Å²) in [6, 6.07) is 7.53. The highest BCUT2D eigenvalue weighted by atomic mass is 127. The minimum atomic E-state index is -0.0115. The molecule has 1 saturated heterocycles. The highest BCUT2D eigenvalue weighted by Crippen LogP contribution is 2.24. The molecule has 1 aromatic rings. The van der Waals surface area contributed by atoms with Gasteiger partial charge in [0.05, 0.1) is 17.7 Å². The predicted molar refractivity (Wildman–Crippen MR) is 115 cm³/mol. The number of guanidine groups is 1. The Balaban J connectivity index is 0.00000312. The van der Waals surface area contributed by atoms with Gasteiger partial charge in [0, 0.05) is 26.7 Å². The summed E-state index contributed by atoms with van der Waals surface area (Å²) in [5.41, 5.74) is 0. The quantitative estimate of drug-likeness (QED) is 0.381. The standard InChI is InChI=1S/C18H28ClN3O2.HI/c1-4-23-15-9-11-22(12-10-15)18(20-3)21-13-14(2)24-17-8-6-5-7-16(17)19;/h5-8,14-15H,4,9-13H2,1-3H3,(H,20,21);1H. The van der Waals surface area contributed by atoms with Crippen LogP contribution < -0.4 is 10.1 Å². The van der Waals surface area contributed by atoms with Crippen molar-refractivity contribution in [3.63, 3.8) is 0 Å². The van der Waals surface area contributed by atoms with E-state index in [1.165, 1.54) is 0 Å². The van der Waals surface area contributed by atoms with E-state index < -0.39 is 0 Å². The van der Waals surface area contributed by atoms with Crippen LogP contribution in [-0.2, 0) is 4.74 Å². The highest BCUT2D eigenvalue weighted by Gasteiger charge is 2.21. The number of likely N-dealkylation sites (tertiary alicyclic amines) is 1. The number of piperidine rings is 1. The Morgan fingerprint density at radius 2 is 2.04 bits per heavy atom. The molecule has 1 aliphatic heterocycles.